The van der Waals surface area contributed by atoms with Crippen molar-refractivity contribution in [3.8, 4) is 0 Å². The van der Waals surface area contributed by atoms with Gasteiger partial charge >= 0.3 is 0 Å². The summed E-state index contributed by atoms with van der Waals surface area (Å²) in [5, 5.41) is 9.40. The average molecular weight is 251 g/mol. The van der Waals surface area contributed by atoms with Gasteiger partial charge < -0.3 is 19.5 Å². The van der Waals surface area contributed by atoms with Gasteiger partial charge in [0.05, 0.1) is 0 Å². The van der Waals surface area contributed by atoms with E-state index in [0.717, 1.165) is 0 Å². The van der Waals surface area contributed by atoms with Crippen molar-refractivity contribution >= 4 is 5.91 Å². The minimum absolute atomic E-state index is 0.0466. The van der Waals surface area contributed by atoms with E-state index < -0.39 is 0 Å². The van der Waals surface area contributed by atoms with Crippen LogP contribution >= 0.6 is 0 Å². The molecule has 0 spiro atoms. The van der Waals surface area contributed by atoms with Crippen LogP contribution in [0.2, 0.25) is 0 Å². The predicted octanol–water partition coefficient (Wildman–Crippen LogP) is 0.0196. The quantitative estimate of drug-likeness (QED) is 0.824. The number of carbonyl (C=O) groups is 1. The van der Waals surface area contributed by atoms with Crippen LogP contribution in [0.25, 0.3) is 0 Å². The molecule has 2 rings (SSSR count). The number of aliphatic hydroxyl groups excluding tert-OH is 1. The molecule has 0 aliphatic carbocycles. The van der Waals surface area contributed by atoms with E-state index in [4.69, 9.17) is 0 Å². The van der Waals surface area contributed by atoms with Crippen molar-refractivity contribution in [1.29, 1.82) is 0 Å². The lowest BCUT2D eigenvalue weighted by molar-refractivity contribution is 0.0769. The fourth-order valence-electron chi connectivity index (χ4n) is 2.63. The molecule has 1 aliphatic heterocycles. The molecule has 0 aromatic carbocycles. The molecule has 1 aromatic heterocycles. The van der Waals surface area contributed by atoms with Crippen molar-refractivity contribution < 1.29 is 9.90 Å². The van der Waals surface area contributed by atoms with Crippen molar-refractivity contribution in [2.24, 2.45) is 13.0 Å². The number of carbonyl (C=O) groups excluding carboxylic acids is 1. The molecule has 0 unspecified atom stereocenters. The third-order valence-corrected chi connectivity index (χ3v) is 3.75. The maximum atomic E-state index is 12.4. The molecule has 5 heteroatoms. The second-order valence-electron chi connectivity index (χ2n) is 5.19. The monoisotopic (exact) mass is 251 g/mol. The Hall–Kier alpha value is -1.33. The topological polar surface area (TPSA) is 48.7 Å². The highest BCUT2D eigenvalue weighted by atomic mass is 16.3. The molecular formula is C13H21N3O2. The summed E-state index contributed by atoms with van der Waals surface area (Å²) in [6.45, 7) is 1.44. The molecule has 5 nitrogen and oxygen atoms in total. The summed E-state index contributed by atoms with van der Waals surface area (Å²) in [4.78, 5) is 16.3. The number of aliphatic hydroxyl groups is 1. The predicted molar refractivity (Wildman–Crippen MR) is 69.4 cm³/mol. The Morgan fingerprint density at radius 1 is 1.50 bits per heavy atom. The first-order chi connectivity index (χ1) is 8.54. The van der Waals surface area contributed by atoms with Crippen LogP contribution in [0.3, 0.4) is 0 Å². The number of likely N-dealkylation sites (N-methyl/N-ethyl adjacent to an activating group) is 1. The highest BCUT2D eigenvalue weighted by Gasteiger charge is 2.36. The molecule has 1 fully saturated rings. The third kappa shape index (κ3) is 2.28. The third-order valence-electron chi connectivity index (χ3n) is 3.75. The number of likely N-dealkylation sites (tertiary alicyclic amines) is 1. The van der Waals surface area contributed by atoms with E-state index in [1.165, 1.54) is 0 Å². The van der Waals surface area contributed by atoms with Crippen LogP contribution in [0, 0.1) is 5.92 Å². The number of nitrogens with zero attached hydrogens (tertiary/aromatic N) is 3. The van der Waals surface area contributed by atoms with Crippen molar-refractivity contribution in [2.75, 3.05) is 33.8 Å². The molecule has 1 amide bonds. The molecule has 2 heterocycles. The average Bonchev–Trinajstić information content (AvgIpc) is 2.93. The first kappa shape index (κ1) is 13.1. The minimum Gasteiger partial charge on any atom is -0.396 e. The smallest absolute Gasteiger partial charge is 0.270 e. The standard InChI is InChI=1S/C13H21N3O2/c1-14(2)12-8-16(7-10(12)9-17)13(18)11-5-4-6-15(11)3/h4-6,10,12,17H,7-9H2,1-3H3/t10-,12+/m0/s1. The number of hydrogen-bond acceptors (Lipinski definition) is 3. The fourth-order valence-corrected chi connectivity index (χ4v) is 2.63. The summed E-state index contributed by atoms with van der Waals surface area (Å²) in [5.74, 6) is 0.189. The van der Waals surface area contributed by atoms with Crippen molar-refractivity contribution in [1.82, 2.24) is 14.4 Å². The number of aromatic nitrogens is 1. The summed E-state index contributed by atoms with van der Waals surface area (Å²) in [5.41, 5.74) is 0.700. The zero-order valence-corrected chi connectivity index (χ0v) is 11.2. The van der Waals surface area contributed by atoms with Crippen LogP contribution in [0.15, 0.2) is 18.3 Å². The molecule has 1 aliphatic rings. The first-order valence-electron chi connectivity index (χ1n) is 6.22. The van der Waals surface area contributed by atoms with Crippen molar-refractivity contribution in [2.45, 2.75) is 6.04 Å². The van der Waals surface area contributed by atoms with Gasteiger partial charge in [0.25, 0.3) is 5.91 Å². The lowest BCUT2D eigenvalue weighted by Crippen LogP contribution is -2.37. The molecule has 18 heavy (non-hydrogen) atoms. The van der Waals surface area contributed by atoms with Gasteiger partial charge in [-0.1, -0.05) is 0 Å². The Balaban J connectivity index is 2.12. The molecule has 1 saturated heterocycles. The van der Waals surface area contributed by atoms with Gasteiger partial charge in [0, 0.05) is 44.9 Å². The lowest BCUT2D eigenvalue weighted by atomic mass is 10.0. The molecule has 0 radical (unpaired) electrons. The van der Waals surface area contributed by atoms with Crippen LogP contribution in [0.5, 0.6) is 0 Å². The molecule has 1 aromatic rings. The van der Waals surface area contributed by atoms with Crippen molar-refractivity contribution in [3.05, 3.63) is 24.0 Å². The normalized spacial score (nSPS) is 23.9. The largest absolute Gasteiger partial charge is 0.396 e. The Morgan fingerprint density at radius 3 is 2.67 bits per heavy atom. The lowest BCUT2D eigenvalue weighted by Gasteiger charge is -2.23. The van der Waals surface area contributed by atoms with Crippen LogP contribution in [0.4, 0.5) is 0 Å². The summed E-state index contributed by atoms with van der Waals surface area (Å²) in [6, 6.07) is 3.94. The van der Waals surface area contributed by atoms with Gasteiger partial charge in [0.2, 0.25) is 0 Å². The second-order valence-corrected chi connectivity index (χ2v) is 5.19. The summed E-state index contributed by atoms with van der Waals surface area (Å²) >= 11 is 0. The van der Waals surface area contributed by atoms with E-state index in [9.17, 15) is 9.90 Å². The van der Waals surface area contributed by atoms with E-state index in [2.05, 4.69) is 4.90 Å². The van der Waals surface area contributed by atoms with Gasteiger partial charge in [-0.25, -0.2) is 0 Å². The second kappa shape index (κ2) is 5.12. The zero-order chi connectivity index (χ0) is 13.3. The van der Waals surface area contributed by atoms with E-state index in [1.807, 2.05) is 48.9 Å². The SMILES string of the molecule is CN(C)[C@@H]1CN(C(=O)c2cccn2C)C[C@H]1CO. The van der Waals surface area contributed by atoms with E-state index in [0.29, 0.717) is 18.8 Å². The molecule has 100 valence electrons. The first-order valence-corrected chi connectivity index (χ1v) is 6.22. The molecule has 1 N–H and O–H groups in total. The summed E-state index contributed by atoms with van der Waals surface area (Å²) in [7, 11) is 5.85. The zero-order valence-electron chi connectivity index (χ0n) is 11.2. The highest BCUT2D eigenvalue weighted by Crippen LogP contribution is 2.22. The van der Waals surface area contributed by atoms with Crippen LogP contribution < -0.4 is 0 Å². The van der Waals surface area contributed by atoms with E-state index in [-0.39, 0.29) is 24.5 Å². The maximum absolute atomic E-state index is 12.4. The Labute approximate surface area is 108 Å². The molecule has 0 bridgehead atoms. The van der Waals surface area contributed by atoms with Crippen LogP contribution in [-0.2, 0) is 7.05 Å². The van der Waals surface area contributed by atoms with Crippen molar-refractivity contribution in [3.63, 3.8) is 0 Å². The van der Waals surface area contributed by atoms with Gasteiger partial charge in [0.15, 0.2) is 0 Å². The van der Waals surface area contributed by atoms with Crippen LogP contribution in [0.1, 0.15) is 10.5 Å². The van der Waals surface area contributed by atoms with Gasteiger partial charge in [0.1, 0.15) is 5.69 Å². The summed E-state index contributed by atoms with van der Waals surface area (Å²) in [6.07, 6.45) is 1.87. The maximum Gasteiger partial charge on any atom is 0.270 e. The molecular weight excluding hydrogens is 230 g/mol. The van der Waals surface area contributed by atoms with Gasteiger partial charge in [-0.2, -0.15) is 0 Å². The molecule has 0 saturated carbocycles. The Morgan fingerprint density at radius 2 is 2.22 bits per heavy atom. The van der Waals surface area contributed by atoms with Gasteiger partial charge in [-0.3, -0.25) is 4.79 Å². The Kier molecular flexibility index (Phi) is 3.73. The van der Waals surface area contributed by atoms with E-state index in [1.54, 1.807) is 0 Å². The summed E-state index contributed by atoms with van der Waals surface area (Å²) < 4.78 is 1.83. The van der Waals surface area contributed by atoms with Gasteiger partial charge in [-0.15, -0.1) is 0 Å². The number of amides is 1. The van der Waals surface area contributed by atoms with Crippen LogP contribution in [-0.4, -0.2) is 65.2 Å². The Bertz CT molecular complexity index is 428. The number of aryl methyl sites for hydroxylation is 1. The number of hydrogen-bond donors (Lipinski definition) is 1. The minimum atomic E-state index is 0.0466. The van der Waals surface area contributed by atoms with Gasteiger partial charge in [-0.05, 0) is 26.2 Å². The van der Waals surface area contributed by atoms with E-state index >= 15 is 0 Å². The molecule has 2 atom stereocenters. The fraction of sp³-hybridized carbons (Fsp3) is 0.615. The number of rotatable bonds is 3. The highest BCUT2D eigenvalue weighted by molar-refractivity contribution is 5.93.